The Bertz CT molecular complexity index is 1250. The summed E-state index contributed by atoms with van der Waals surface area (Å²) in [5.74, 6) is 0.297. The number of nitrogens with one attached hydrogen (secondary N) is 1. The van der Waals surface area contributed by atoms with Gasteiger partial charge in [0, 0.05) is 23.7 Å². The highest BCUT2D eigenvalue weighted by molar-refractivity contribution is 5.82. The van der Waals surface area contributed by atoms with Crippen LogP contribution in [0.5, 0.6) is 5.75 Å². The minimum absolute atomic E-state index is 0.351. The molecule has 0 bridgehead atoms. The van der Waals surface area contributed by atoms with E-state index >= 15 is 0 Å². The van der Waals surface area contributed by atoms with Crippen LogP contribution in [0.15, 0.2) is 65.1 Å². The number of carboxylic acid groups (broad SMARTS) is 1. The molecule has 3 aromatic carbocycles. The lowest BCUT2D eigenvalue weighted by Crippen LogP contribution is -2.33. The van der Waals surface area contributed by atoms with Gasteiger partial charge in [0.2, 0.25) is 5.89 Å². The molecule has 0 aliphatic heterocycles. The normalized spacial score (nSPS) is 12.1. The number of rotatable bonds is 8. The molecular formula is C26H26N2O4. The van der Waals surface area contributed by atoms with Crippen molar-refractivity contribution in [3.8, 4) is 28.3 Å². The van der Waals surface area contributed by atoms with Crippen LogP contribution in [0, 0.1) is 6.92 Å². The zero-order valence-corrected chi connectivity index (χ0v) is 18.4. The van der Waals surface area contributed by atoms with Crippen molar-refractivity contribution in [2.45, 2.75) is 33.4 Å². The molecule has 0 saturated heterocycles. The lowest BCUT2D eigenvalue weighted by Gasteiger charge is -2.13. The first-order chi connectivity index (χ1) is 15.5. The van der Waals surface area contributed by atoms with E-state index in [1.54, 1.807) is 6.92 Å². The molecule has 4 aromatic rings. The molecule has 0 spiro atoms. The summed E-state index contributed by atoms with van der Waals surface area (Å²) >= 11 is 0. The molecule has 0 aliphatic carbocycles. The quantitative estimate of drug-likeness (QED) is 0.388. The fraction of sp³-hybridized carbons (Fsp3) is 0.231. The molecule has 0 fully saturated rings. The first kappa shape index (κ1) is 21.6. The van der Waals surface area contributed by atoms with Crippen molar-refractivity contribution in [1.29, 1.82) is 0 Å². The van der Waals surface area contributed by atoms with Gasteiger partial charge in [-0.05, 0) is 49.6 Å². The molecular weight excluding hydrogens is 404 g/mol. The van der Waals surface area contributed by atoms with E-state index in [0.29, 0.717) is 35.9 Å². The molecule has 0 aliphatic rings. The largest absolute Gasteiger partial charge is 0.493 e. The van der Waals surface area contributed by atoms with Crippen LogP contribution in [0.2, 0.25) is 0 Å². The molecule has 0 radical (unpaired) electrons. The van der Waals surface area contributed by atoms with Crippen LogP contribution in [0.4, 0.5) is 0 Å². The Kier molecular flexibility index (Phi) is 6.23. The molecule has 6 nitrogen and oxygen atoms in total. The Morgan fingerprint density at radius 2 is 1.88 bits per heavy atom. The van der Waals surface area contributed by atoms with E-state index in [0.717, 1.165) is 27.8 Å². The predicted octanol–water partition coefficient (Wildman–Crippen LogP) is 5.43. The second-order valence-electron chi connectivity index (χ2n) is 7.66. The molecule has 0 saturated carbocycles. The maximum atomic E-state index is 11.1. The van der Waals surface area contributed by atoms with Crippen LogP contribution in [0.25, 0.3) is 33.7 Å². The second-order valence-corrected chi connectivity index (χ2v) is 7.66. The summed E-state index contributed by atoms with van der Waals surface area (Å²) in [5.41, 5.74) is 6.46. The highest BCUT2D eigenvalue weighted by atomic mass is 16.5. The van der Waals surface area contributed by atoms with E-state index in [4.69, 9.17) is 19.2 Å². The zero-order chi connectivity index (χ0) is 22.7. The number of hydrogen-bond donors (Lipinski definition) is 2. The summed E-state index contributed by atoms with van der Waals surface area (Å²) in [4.78, 5) is 15.9. The number of carbonyl (C=O) groups is 1. The SMILES string of the molecule is CCOc1cc2oc(-c3cccc(-c4ccccc4)c3C)nc2cc1CN[C@@H](C)C(=O)O. The number of aliphatic carboxylic acids is 1. The number of hydrogen-bond acceptors (Lipinski definition) is 5. The lowest BCUT2D eigenvalue weighted by atomic mass is 9.96. The highest BCUT2D eigenvalue weighted by Gasteiger charge is 2.17. The van der Waals surface area contributed by atoms with Crippen molar-refractivity contribution in [1.82, 2.24) is 10.3 Å². The minimum Gasteiger partial charge on any atom is -0.493 e. The molecule has 1 atom stereocenters. The van der Waals surface area contributed by atoms with Gasteiger partial charge >= 0.3 is 5.97 Å². The second kappa shape index (κ2) is 9.24. The topological polar surface area (TPSA) is 84.6 Å². The average molecular weight is 431 g/mol. The van der Waals surface area contributed by atoms with Crippen LogP contribution in [0.1, 0.15) is 25.0 Å². The molecule has 6 heteroatoms. The first-order valence-corrected chi connectivity index (χ1v) is 10.7. The maximum Gasteiger partial charge on any atom is 0.320 e. The molecule has 1 heterocycles. The van der Waals surface area contributed by atoms with E-state index < -0.39 is 12.0 Å². The maximum absolute atomic E-state index is 11.1. The highest BCUT2D eigenvalue weighted by Crippen LogP contribution is 2.34. The monoisotopic (exact) mass is 430 g/mol. The van der Waals surface area contributed by atoms with Crippen molar-refractivity contribution in [2.24, 2.45) is 0 Å². The van der Waals surface area contributed by atoms with Gasteiger partial charge in [-0.25, -0.2) is 4.98 Å². The number of carboxylic acids is 1. The van der Waals surface area contributed by atoms with Crippen LogP contribution in [-0.4, -0.2) is 28.7 Å². The van der Waals surface area contributed by atoms with Gasteiger partial charge in [0.1, 0.15) is 17.3 Å². The van der Waals surface area contributed by atoms with Crippen LogP contribution in [0.3, 0.4) is 0 Å². The van der Waals surface area contributed by atoms with Gasteiger partial charge in [0.05, 0.1) is 6.61 Å². The first-order valence-electron chi connectivity index (χ1n) is 10.7. The van der Waals surface area contributed by atoms with Gasteiger partial charge in [-0.15, -0.1) is 0 Å². The van der Waals surface area contributed by atoms with Crippen molar-refractivity contribution in [3.05, 3.63) is 71.8 Å². The Hall–Kier alpha value is -3.64. The van der Waals surface area contributed by atoms with Gasteiger partial charge in [0.25, 0.3) is 0 Å². The summed E-state index contributed by atoms with van der Waals surface area (Å²) in [6, 6.07) is 19.4. The Labute approximate surface area is 186 Å². The molecule has 0 amide bonds. The zero-order valence-electron chi connectivity index (χ0n) is 18.4. The molecule has 0 unspecified atom stereocenters. The van der Waals surface area contributed by atoms with E-state index in [9.17, 15) is 4.79 Å². The smallest absolute Gasteiger partial charge is 0.320 e. The molecule has 1 aromatic heterocycles. The van der Waals surface area contributed by atoms with Crippen LogP contribution >= 0.6 is 0 Å². The van der Waals surface area contributed by atoms with Gasteiger partial charge in [0.15, 0.2) is 5.58 Å². The van der Waals surface area contributed by atoms with E-state index in [1.807, 2.05) is 49.4 Å². The van der Waals surface area contributed by atoms with Crippen molar-refractivity contribution in [2.75, 3.05) is 6.61 Å². The van der Waals surface area contributed by atoms with Crippen LogP contribution in [-0.2, 0) is 11.3 Å². The fourth-order valence-electron chi connectivity index (χ4n) is 3.69. The van der Waals surface area contributed by atoms with Gasteiger partial charge < -0.3 is 19.6 Å². The number of benzene rings is 3. The van der Waals surface area contributed by atoms with Gasteiger partial charge in [-0.2, -0.15) is 0 Å². The van der Waals surface area contributed by atoms with E-state index in [2.05, 4.69) is 30.4 Å². The van der Waals surface area contributed by atoms with Crippen molar-refractivity contribution < 1.29 is 19.1 Å². The third-order valence-electron chi connectivity index (χ3n) is 5.49. The Morgan fingerprint density at radius 1 is 1.12 bits per heavy atom. The van der Waals surface area contributed by atoms with Crippen molar-refractivity contribution >= 4 is 17.1 Å². The molecule has 164 valence electrons. The standard InChI is InChI=1S/C26H26N2O4/c1-4-31-23-14-24-22(13-19(23)15-27-17(3)26(29)30)28-25(32-24)21-12-8-11-20(16(21)2)18-9-6-5-7-10-18/h5-14,17,27H,4,15H2,1-3H3,(H,29,30)/t17-/m0/s1. The lowest BCUT2D eigenvalue weighted by molar-refractivity contribution is -0.139. The third-order valence-corrected chi connectivity index (χ3v) is 5.49. The van der Waals surface area contributed by atoms with Crippen LogP contribution < -0.4 is 10.1 Å². The molecule has 4 rings (SSSR count). The summed E-state index contributed by atoms with van der Waals surface area (Å²) in [7, 11) is 0. The van der Waals surface area contributed by atoms with Gasteiger partial charge in [-0.3, -0.25) is 4.79 Å². The molecule has 2 N–H and O–H groups in total. The Morgan fingerprint density at radius 3 is 2.59 bits per heavy atom. The summed E-state index contributed by atoms with van der Waals surface area (Å²) in [6.45, 7) is 6.43. The number of oxazole rings is 1. The van der Waals surface area contributed by atoms with E-state index in [1.165, 1.54) is 0 Å². The fourth-order valence-corrected chi connectivity index (χ4v) is 3.69. The Balaban J connectivity index is 1.73. The van der Waals surface area contributed by atoms with Crippen molar-refractivity contribution in [3.63, 3.8) is 0 Å². The number of fused-ring (bicyclic) bond motifs is 1. The number of ether oxygens (including phenoxy) is 1. The predicted molar refractivity (Wildman–Crippen MR) is 125 cm³/mol. The number of nitrogens with zero attached hydrogens (tertiary/aromatic N) is 1. The molecule has 32 heavy (non-hydrogen) atoms. The summed E-state index contributed by atoms with van der Waals surface area (Å²) < 4.78 is 11.9. The minimum atomic E-state index is -0.901. The van der Waals surface area contributed by atoms with Gasteiger partial charge in [-0.1, -0.05) is 42.5 Å². The summed E-state index contributed by atoms with van der Waals surface area (Å²) in [6.07, 6.45) is 0. The average Bonchev–Trinajstić information content (AvgIpc) is 3.20. The third kappa shape index (κ3) is 4.36. The van der Waals surface area contributed by atoms with E-state index in [-0.39, 0.29) is 0 Å². The summed E-state index contributed by atoms with van der Waals surface area (Å²) in [5, 5.41) is 12.1. The number of aromatic nitrogens is 1.